The minimum Gasteiger partial charge on any atom is -0.477 e. The fourth-order valence-corrected chi connectivity index (χ4v) is 1.43. The van der Waals surface area contributed by atoms with E-state index >= 15 is 0 Å². The molecule has 17 heavy (non-hydrogen) atoms. The number of carboxylic acids is 1. The second-order valence-corrected chi connectivity index (χ2v) is 3.98. The zero-order valence-corrected chi connectivity index (χ0v) is 10.3. The minimum absolute atomic E-state index is 0.0484. The van der Waals surface area contributed by atoms with Gasteiger partial charge in [0, 0.05) is 5.02 Å². The van der Waals surface area contributed by atoms with E-state index in [1.54, 1.807) is 0 Å². The van der Waals surface area contributed by atoms with Gasteiger partial charge in [-0.15, -0.1) is 0 Å². The summed E-state index contributed by atoms with van der Waals surface area (Å²) in [7, 11) is 0. The molecule has 0 saturated carbocycles. The Bertz CT molecular complexity index is 418. The third kappa shape index (κ3) is 5.36. The maximum atomic E-state index is 10.4. The van der Waals surface area contributed by atoms with E-state index in [0.717, 1.165) is 18.4 Å². The van der Waals surface area contributed by atoms with E-state index in [1.165, 1.54) is 6.92 Å². The van der Waals surface area contributed by atoms with E-state index in [2.05, 4.69) is 5.16 Å². The molecule has 0 aromatic heterocycles. The van der Waals surface area contributed by atoms with Crippen molar-refractivity contribution in [2.75, 3.05) is 6.61 Å². The molecule has 1 rings (SSSR count). The molecule has 0 saturated heterocycles. The van der Waals surface area contributed by atoms with Crippen LogP contribution in [0.4, 0.5) is 0 Å². The second kappa shape index (κ2) is 6.91. The molecule has 92 valence electrons. The summed E-state index contributed by atoms with van der Waals surface area (Å²) in [6, 6.07) is 7.60. The Balaban J connectivity index is 2.25. The molecule has 0 heterocycles. The monoisotopic (exact) mass is 255 g/mol. The first-order valence-electron chi connectivity index (χ1n) is 5.24. The second-order valence-electron chi connectivity index (χ2n) is 3.55. The highest BCUT2D eigenvalue weighted by atomic mass is 35.5. The Hall–Kier alpha value is -1.55. The van der Waals surface area contributed by atoms with Crippen molar-refractivity contribution < 1.29 is 14.7 Å². The zero-order chi connectivity index (χ0) is 12.7. The summed E-state index contributed by atoms with van der Waals surface area (Å²) in [5, 5.41) is 12.7. The number of hydrogen-bond donors (Lipinski definition) is 1. The van der Waals surface area contributed by atoms with Crippen molar-refractivity contribution in [1.82, 2.24) is 0 Å². The fraction of sp³-hybridized carbons (Fsp3) is 0.333. The molecule has 5 heteroatoms. The number of rotatable bonds is 6. The van der Waals surface area contributed by atoms with E-state index in [-0.39, 0.29) is 5.71 Å². The number of benzene rings is 1. The zero-order valence-electron chi connectivity index (χ0n) is 9.52. The fourth-order valence-electron chi connectivity index (χ4n) is 1.21. The first-order chi connectivity index (χ1) is 8.09. The average Bonchev–Trinajstić information content (AvgIpc) is 2.28. The third-order valence-electron chi connectivity index (χ3n) is 2.10. The van der Waals surface area contributed by atoms with Crippen molar-refractivity contribution in [3.05, 3.63) is 34.9 Å². The number of hydrogen-bond acceptors (Lipinski definition) is 3. The van der Waals surface area contributed by atoms with Gasteiger partial charge in [0.1, 0.15) is 6.61 Å². The van der Waals surface area contributed by atoms with Gasteiger partial charge in [-0.3, -0.25) is 0 Å². The largest absolute Gasteiger partial charge is 0.477 e. The van der Waals surface area contributed by atoms with Crippen molar-refractivity contribution in [3.8, 4) is 0 Å². The standard InChI is InChI=1S/C12H14ClNO3/c1-9(12(15)16)14-17-7-3-5-10-4-2-6-11(13)8-10/h2,4,6,8H,3,5,7H2,1H3,(H,15,16). The number of aryl methyl sites for hydroxylation is 1. The smallest absolute Gasteiger partial charge is 0.353 e. The molecule has 0 aliphatic carbocycles. The molecule has 0 atom stereocenters. The van der Waals surface area contributed by atoms with E-state index in [1.807, 2.05) is 24.3 Å². The van der Waals surface area contributed by atoms with Crippen LogP contribution in [0.1, 0.15) is 18.9 Å². The summed E-state index contributed by atoms with van der Waals surface area (Å²) in [6.07, 6.45) is 1.58. The lowest BCUT2D eigenvalue weighted by Crippen LogP contribution is -2.08. The number of oxime groups is 1. The topological polar surface area (TPSA) is 58.9 Å². The summed E-state index contributed by atoms with van der Waals surface area (Å²) in [5.41, 5.74) is 1.08. The van der Waals surface area contributed by atoms with Crippen molar-refractivity contribution in [3.63, 3.8) is 0 Å². The Labute approximate surface area is 105 Å². The van der Waals surface area contributed by atoms with Crippen LogP contribution in [0.3, 0.4) is 0 Å². The summed E-state index contributed by atoms with van der Waals surface area (Å²) in [4.78, 5) is 15.3. The number of nitrogens with zero attached hydrogens (tertiary/aromatic N) is 1. The molecule has 0 radical (unpaired) electrons. The van der Waals surface area contributed by atoms with Gasteiger partial charge in [-0.05, 0) is 37.5 Å². The van der Waals surface area contributed by atoms with Crippen LogP contribution < -0.4 is 0 Å². The van der Waals surface area contributed by atoms with Gasteiger partial charge in [-0.2, -0.15) is 0 Å². The van der Waals surface area contributed by atoms with Gasteiger partial charge in [0.05, 0.1) is 0 Å². The number of halogens is 1. The SMILES string of the molecule is CC(=NOCCCc1cccc(Cl)c1)C(=O)O. The lowest BCUT2D eigenvalue weighted by atomic mass is 10.1. The highest BCUT2D eigenvalue weighted by Crippen LogP contribution is 2.12. The number of aliphatic carboxylic acids is 1. The molecule has 1 aromatic carbocycles. The van der Waals surface area contributed by atoms with Gasteiger partial charge in [0.2, 0.25) is 0 Å². The van der Waals surface area contributed by atoms with Gasteiger partial charge in [-0.1, -0.05) is 28.9 Å². The van der Waals surface area contributed by atoms with Crippen LogP contribution in [0.15, 0.2) is 29.4 Å². The molecular formula is C12H14ClNO3. The maximum Gasteiger partial charge on any atom is 0.353 e. The third-order valence-corrected chi connectivity index (χ3v) is 2.34. The van der Waals surface area contributed by atoms with Crippen LogP contribution in [0.5, 0.6) is 0 Å². The average molecular weight is 256 g/mol. The molecule has 0 fully saturated rings. The quantitative estimate of drug-likeness (QED) is 0.483. The van der Waals surface area contributed by atoms with E-state index in [9.17, 15) is 4.79 Å². The summed E-state index contributed by atoms with van der Waals surface area (Å²) in [5.74, 6) is -1.07. The maximum absolute atomic E-state index is 10.4. The van der Waals surface area contributed by atoms with Crippen molar-refractivity contribution in [2.24, 2.45) is 5.16 Å². The molecule has 4 nitrogen and oxygen atoms in total. The Morgan fingerprint density at radius 1 is 1.53 bits per heavy atom. The van der Waals surface area contributed by atoms with E-state index in [0.29, 0.717) is 11.6 Å². The Morgan fingerprint density at radius 3 is 2.94 bits per heavy atom. The lowest BCUT2D eigenvalue weighted by Gasteiger charge is -2.02. The number of carbonyl (C=O) groups is 1. The molecule has 0 bridgehead atoms. The molecule has 1 N–H and O–H groups in total. The van der Waals surface area contributed by atoms with Crippen molar-refractivity contribution in [1.29, 1.82) is 0 Å². The minimum atomic E-state index is -1.07. The molecule has 0 aliphatic heterocycles. The Kier molecular flexibility index (Phi) is 5.49. The predicted octanol–water partition coefficient (Wildman–Crippen LogP) is 2.75. The Morgan fingerprint density at radius 2 is 2.29 bits per heavy atom. The van der Waals surface area contributed by atoms with E-state index < -0.39 is 5.97 Å². The first-order valence-corrected chi connectivity index (χ1v) is 5.61. The summed E-state index contributed by atoms with van der Waals surface area (Å²) < 4.78 is 0. The lowest BCUT2D eigenvalue weighted by molar-refractivity contribution is -0.129. The van der Waals surface area contributed by atoms with E-state index in [4.69, 9.17) is 21.5 Å². The summed E-state index contributed by atoms with van der Waals surface area (Å²) in [6.45, 7) is 1.77. The first kappa shape index (κ1) is 13.5. The number of carboxylic acid groups (broad SMARTS) is 1. The van der Waals surface area contributed by atoms with Crippen LogP contribution in [0.25, 0.3) is 0 Å². The normalized spacial score (nSPS) is 11.3. The van der Waals surface area contributed by atoms with Crippen LogP contribution in [-0.2, 0) is 16.1 Å². The van der Waals surface area contributed by atoms with Gasteiger partial charge in [0.25, 0.3) is 0 Å². The highest BCUT2D eigenvalue weighted by molar-refractivity contribution is 6.34. The van der Waals surface area contributed by atoms with Crippen LogP contribution in [0.2, 0.25) is 5.02 Å². The van der Waals surface area contributed by atoms with Gasteiger partial charge < -0.3 is 9.94 Å². The van der Waals surface area contributed by atoms with Crippen molar-refractivity contribution in [2.45, 2.75) is 19.8 Å². The molecule has 0 unspecified atom stereocenters. The van der Waals surface area contributed by atoms with Gasteiger partial charge in [0.15, 0.2) is 5.71 Å². The van der Waals surface area contributed by atoms with Crippen LogP contribution in [0, 0.1) is 0 Å². The molecule has 0 aliphatic rings. The molecule has 1 aromatic rings. The molecular weight excluding hydrogens is 242 g/mol. The van der Waals surface area contributed by atoms with Crippen LogP contribution >= 0.6 is 11.6 Å². The van der Waals surface area contributed by atoms with Gasteiger partial charge in [-0.25, -0.2) is 4.79 Å². The summed E-state index contributed by atoms with van der Waals surface area (Å²) >= 11 is 5.84. The van der Waals surface area contributed by atoms with Crippen LogP contribution in [-0.4, -0.2) is 23.4 Å². The highest BCUT2D eigenvalue weighted by Gasteiger charge is 2.01. The van der Waals surface area contributed by atoms with Gasteiger partial charge >= 0.3 is 5.97 Å². The molecule has 0 spiro atoms. The predicted molar refractivity (Wildman–Crippen MR) is 66.5 cm³/mol. The molecule has 0 amide bonds. The van der Waals surface area contributed by atoms with Crippen molar-refractivity contribution >= 4 is 23.3 Å².